The van der Waals surface area contributed by atoms with Crippen molar-refractivity contribution in [3.05, 3.63) is 47.9 Å². The first kappa shape index (κ1) is 25.7. The number of benzene rings is 1. The third-order valence-electron chi connectivity index (χ3n) is 6.56. The van der Waals surface area contributed by atoms with Crippen LogP contribution in [0.4, 0.5) is 0 Å². The Morgan fingerprint density at radius 3 is 2.41 bits per heavy atom. The van der Waals surface area contributed by atoms with E-state index in [1.54, 1.807) is 30.3 Å². The highest BCUT2D eigenvalue weighted by atomic mass is 16.5. The Labute approximate surface area is 203 Å². The van der Waals surface area contributed by atoms with Crippen LogP contribution in [-0.4, -0.2) is 55.0 Å². The van der Waals surface area contributed by atoms with Crippen molar-refractivity contribution in [1.82, 2.24) is 9.80 Å². The van der Waals surface area contributed by atoms with Crippen LogP contribution >= 0.6 is 0 Å². The topological polar surface area (TPSA) is 72.2 Å². The van der Waals surface area contributed by atoms with Crippen LogP contribution in [0.1, 0.15) is 57.3 Å². The van der Waals surface area contributed by atoms with Gasteiger partial charge in [0.25, 0.3) is 0 Å². The van der Waals surface area contributed by atoms with Gasteiger partial charge >= 0.3 is 0 Å². The molecule has 0 radical (unpaired) electrons. The fourth-order valence-electron chi connectivity index (χ4n) is 4.53. The van der Waals surface area contributed by atoms with Crippen LogP contribution in [0, 0.1) is 5.92 Å². The summed E-state index contributed by atoms with van der Waals surface area (Å²) < 4.78 is 16.3. The van der Waals surface area contributed by atoms with Crippen LogP contribution in [0.15, 0.2) is 41.0 Å². The Morgan fingerprint density at radius 2 is 1.79 bits per heavy atom. The van der Waals surface area contributed by atoms with Crippen LogP contribution in [-0.2, 0) is 22.6 Å². The molecule has 0 spiro atoms. The summed E-state index contributed by atoms with van der Waals surface area (Å²) in [5.74, 6) is 2.12. The van der Waals surface area contributed by atoms with Gasteiger partial charge in [-0.2, -0.15) is 0 Å². The molecule has 1 aromatic carbocycles. The van der Waals surface area contributed by atoms with E-state index >= 15 is 0 Å². The van der Waals surface area contributed by atoms with Gasteiger partial charge in [0.05, 0.1) is 33.6 Å². The molecule has 0 atom stereocenters. The van der Waals surface area contributed by atoms with E-state index < -0.39 is 0 Å². The van der Waals surface area contributed by atoms with E-state index in [0.717, 1.165) is 37.0 Å². The predicted molar refractivity (Wildman–Crippen MR) is 131 cm³/mol. The first-order valence-corrected chi connectivity index (χ1v) is 12.2. The predicted octanol–water partition coefficient (Wildman–Crippen LogP) is 4.69. The smallest absolute Gasteiger partial charge is 0.242 e. The van der Waals surface area contributed by atoms with Gasteiger partial charge in [-0.25, -0.2) is 0 Å². The highest BCUT2D eigenvalue weighted by molar-refractivity contribution is 5.86. The summed E-state index contributed by atoms with van der Waals surface area (Å²) in [6, 6.07) is 9.43. The number of furan rings is 1. The first-order chi connectivity index (χ1) is 16.4. The monoisotopic (exact) mass is 470 g/mol. The van der Waals surface area contributed by atoms with Crippen molar-refractivity contribution in [1.29, 1.82) is 0 Å². The van der Waals surface area contributed by atoms with Crippen LogP contribution in [0.5, 0.6) is 11.5 Å². The van der Waals surface area contributed by atoms with E-state index in [9.17, 15) is 9.59 Å². The number of carbonyl (C=O) groups excluding carboxylic acids is 2. The maximum Gasteiger partial charge on any atom is 0.242 e. The molecule has 1 aliphatic rings. The zero-order valence-corrected chi connectivity index (χ0v) is 20.9. The summed E-state index contributed by atoms with van der Waals surface area (Å²) in [5, 5.41) is 0. The minimum atomic E-state index is -0.0743. The fourth-order valence-corrected chi connectivity index (χ4v) is 4.53. The van der Waals surface area contributed by atoms with Gasteiger partial charge in [-0.3, -0.25) is 9.59 Å². The summed E-state index contributed by atoms with van der Waals surface area (Å²) in [6.45, 7) is 4.91. The number of carbonyl (C=O) groups is 2. The average molecular weight is 471 g/mol. The summed E-state index contributed by atoms with van der Waals surface area (Å²) in [5.41, 5.74) is 1.04. The normalized spacial score (nSPS) is 14.1. The summed E-state index contributed by atoms with van der Waals surface area (Å²) in [7, 11) is 3.22. The fraction of sp³-hybridized carbons (Fsp3) is 0.556. The van der Waals surface area contributed by atoms with Crippen molar-refractivity contribution in [3.63, 3.8) is 0 Å². The number of rotatable bonds is 11. The highest BCUT2D eigenvalue weighted by Gasteiger charge is 2.30. The molecular formula is C27H38N2O5. The molecule has 2 amide bonds. The van der Waals surface area contributed by atoms with Crippen molar-refractivity contribution in [3.8, 4) is 11.5 Å². The maximum atomic E-state index is 13.5. The molecule has 1 aromatic heterocycles. The third kappa shape index (κ3) is 6.78. The van der Waals surface area contributed by atoms with Gasteiger partial charge in [0.1, 0.15) is 5.76 Å². The second-order valence-corrected chi connectivity index (χ2v) is 9.23. The minimum Gasteiger partial charge on any atom is -0.493 e. The molecule has 0 aliphatic heterocycles. The highest BCUT2D eigenvalue weighted by Crippen LogP contribution is 2.28. The number of hydrogen-bond acceptors (Lipinski definition) is 5. The molecule has 0 unspecified atom stereocenters. The van der Waals surface area contributed by atoms with E-state index in [2.05, 4.69) is 0 Å². The van der Waals surface area contributed by atoms with E-state index in [-0.39, 0.29) is 30.3 Å². The van der Waals surface area contributed by atoms with Gasteiger partial charge in [-0.05, 0) is 62.9 Å². The molecule has 7 heteroatoms. The Kier molecular flexibility index (Phi) is 9.42. The lowest BCUT2D eigenvalue weighted by Crippen LogP contribution is -2.48. The Hall–Kier alpha value is -2.96. The molecule has 7 nitrogen and oxygen atoms in total. The molecule has 1 saturated carbocycles. The second kappa shape index (κ2) is 12.5. The SMILES string of the molecule is COc1ccc(CCN(Cc2ccco2)C(=O)CN(C(=O)C2CCCCC2)C(C)C)cc1OC. The van der Waals surface area contributed by atoms with Gasteiger partial charge in [0.15, 0.2) is 11.5 Å². The number of hydrogen-bond donors (Lipinski definition) is 0. The molecule has 2 aromatic rings. The molecule has 1 heterocycles. The van der Waals surface area contributed by atoms with Crippen LogP contribution in [0.3, 0.4) is 0 Å². The van der Waals surface area contributed by atoms with E-state index in [1.807, 2.05) is 44.2 Å². The first-order valence-electron chi connectivity index (χ1n) is 12.2. The second-order valence-electron chi connectivity index (χ2n) is 9.23. The summed E-state index contributed by atoms with van der Waals surface area (Å²) in [6.07, 6.45) is 7.47. The van der Waals surface area contributed by atoms with Crippen molar-refractivity contribution < 1.29 is 23.5 Å². The molecule has 0 bridgehead atoms. The van der Waals surface area contributed by atoms with Gasteiger partial charge < -0.3 is 23.7 Å². The molecular weight excluding hydrogens is 432 g/mol. The van der Waals surface area contributed by atoms with E-state index in [1.165, 1.54) is 6.42 Å². The largest absolute Gasteiger partial charge is 0.493 e. The molecule has 1 aliphatic carbocycles. The van der Waals surface area contributed by atoms with Gasteiger partial charge in [-0.1, -0.05) is 25.3 Å². The lowest BCUT2D eigenvalue weighted by molar-refractivity contribution is -0.145. The molecule has 1 fully saturated rings. The standard InChI is InChI=1S/C27H38N2O5/c1-20(2)29(27(31)22-9-6-5-7-10-22)19-26(30)28(18-23-11-8-16-34-23)15-14-21-12-13-24(32-3)25(17-21)33-4/h8,11-13,16-17,20,22H,5-7,9-10,14-15,18-19H2,1-4H3. The molecule has 3 rings (SSSR count). The zero-order chi connectivity index (χ0) is 24.5. The van der Waals surface area contributed by atoms with Crippen molar-refractivity contribution in [2.24, 2.45) is 5.92 Å². The van der Waals surface area contributed by atoms with Crippen molar-refractivity contribution >= 4 is 11.8 Å². The molecule has 0 N–H and O–H groups in total. The van der Waals surface area contributed by atoms with Crippen LogP contribution in [0.2, 0.25) is 0 Å². The molecule has 34 heavy (non-hydrogen) atoms. The van der Waals surface area contributed by atoms with Gasteiger partial charge in [0.2, 0.25) is 11.8 Å². The third-order valence-corrected chi connectivity index (χ3v) is 6.56. The van der Waals surface area contributed by atoms with Gasteiger partial charge in [0, 0.05) is 18.5 Å². The molecule has 0 saturated heterocycles. The van der Waals surface area contributed by atoms with Crippen molar-refractivity contribution in [2.75, 3.05) is 27.3 Å². The Bertz CT molecular complexity index is 919. The molecule has 186 valence electrons. The summed E-state index contributed by atoms with van der Waals surface area (Å²) >= 11 is 0. The number of amides is 2. The maximum absolute atomic E-state index is 13.5. The van der Waals surface area contributed by atoms with Crippen molar-refractivity contribution in [2.45, 2.75) is 65.0 Å². The average Bonchev–Trinajstić information content (AvgIpc) is 3.37. The van der Waals surface area contributed by atoms with Crippen LogP contribution in [0.25, 0.3) is 0 Å². The van der Waals surface area contributed by atoms with Crippen LogP contribution < -0.4 is 9.47 Å². The Balaban J connectivity index is 1.72. The quantitative estimate of drug-likeness (QED) is 0.477. The Morgan fingerprint density at radius 1 is 1.06 bits per heavy atom. The van der Waals surface area contributed by atoms with E-state index in [0.29, 0.717) is 31.0 Å². The minimum absolute atomic E-state index is 0.0327. The van der Waals surface area contributed by atoms with Gasteiger partial charge in [-0.15, -0.1) is 0 Å². The zero-order valence-electron chi connectivity index (χ0n) is 20.9. The number of ether oxygens (including phenoxy) is 2. The number of nitrogens with zero attached hydrogens (tertiary/aromatic N) is 2. The summed E-state index contributed by atoms with van der Waals surface area (Å²) in [4.78, 5) is 30.2. The number of methoxy groups -OCH3 is 2. The van der Waals surface area contributed by atoms with E-state index in [4.69, 9.17) is 13.9 Å². The lowest BCUT2D eigenvalue weighted by atomic mass is 9.88. The lowest BCUT2D eigenvalue weighted by Gasteiger charge is -2.33.